The standard InChI is InChI=1S/C50H61N9O8/c1-26(2)43(56-42(61)24-60)48(63)58-18-6-8-39(58)46-52-35-17-14-29(21-38(35)54-46)33-15-12-30-23-41-31(22-36(30)55-47(33)62)10-11-32(25-67-41)28-13-16-34-37(20-28)53-45(51-34)40-9-7-19-59(40)49(64)44(27(3)4)57-50(65)66-5/h13-14,16-17,20-23,26-27,32-33,39-40,43-44,60H,6-12,15,18-19,24-25H2,1-5H3,(H,51,53)(H,52,54)(H,55,62)(H,56,61)(H,57,65). The minimum Gasteiger partial charge on any atom is -0.493 e. The minimum absolute atomic E-state index is 0.0719. The summed E-state index contributed by atoms with van der Waals surface area (Å²) in [7, 11) is 1.29. The fraction of sp³-hybridized carbons (Fsp3) is 0.500. The molecule has 3 aromatic carbocycles. The Labute approximate surface area is 389 Å². The van der Waals surface area contributed by atoms with Crippen molar-refractivity contribution in [1.29, 1.82) is 0 Å². The third-order valence-electron chi connectivity index (χ3n) is 14.2. The van der Waals surface area contributed by atoms with Gasteiger partial charge >= 0.3 is 6.09 Å². The summed E-state index contributed by atoms with van der Waals surface area (Å²) in [5.74, 6) is 0.681. The van der Waals surface area contributed by atoms with E-state index in [1.54, 1.807) is 4.90 Å². The highest BCUT2D eigenvalue weighted by atomic mass is 16.5. The third-order valence-corrected chi connectivity index (χ3v) is 14.2. The molecule has 0 bridgehead atoms. The number of aliphatic hydroxyl groups excluding tert-OH is 1. The van der Waals surface area contributed by atoms with Gasteiger partial charge in [0, 0.05) is 24.7 Å². The maximum Gasteiger partial charge on any atom is 0.407 e. The monoisotopic (exact) mass is 915 g/mol. The number of fused-ring (bicyclic) bond motifs is 4. The van der Waals surface area contributed by atoms with Gasteiger partial charge < -0.3 is 50.3 Å². The number of aromatic nitrogens is 4. The number of H-pyrrole nitrogens is 2. The zero-order valence-corrected chi connectivity index (χ0v) is 38.8. The number of alkyl carbamates (subject to hydrolysis) is 1. The molecule has 17 heteroatoms. The first-order chi connectivity index (χ1) is 32.3. The van der Waals surface area contributed by atoms with Crippen molar-refractivity contribution in [3.8, 4) is 5.75 Å². The molecule has 17 nitrogen and oxygen atoms in total. The second kappa shape index (κ2) is 19.0. The summed E-state index contributed by atoms with van der Waals surface area (Å²) in [6.45, 7) is 8.48. The van der Waals surface area contributed by atoms with Crippen LogP contribution < -0.4 is 20.7 Å². The molecule has 67 heavy (non-hydrogen) atoms. The molecule has 0 radical (unpaired) electrons. The van der Waals surface area contributed by atoms with Crippen LogP contribution in [0.4, 0.5) is 10.5 Å². The number of ether oxygens (including phenoxy) is 2. The van der Waals surface area contributed by atoms with Crippen LogP contribution in [0.15, 0.2) is 48.5 Å². The molecule has 0 spiro atoms. The second-order valence-corrected chi connectivity index (χ2v) is 19.2. The van der Waals surface area contributed by atoms with E-state index >= 15 is 0 Å². The second-order valence-electron chi connectivity index (χ2n) is 19.2. The average molecular weight is 916 g/mol. The largest absolute Gasteiger partial charge is 0.493 e. The summed E-state index contributed by atoms with van der Waals surface area (Å²) in [4.78, 5) is 85.9. The fourth-order valence-corrected chi connectivity index (χ4v) is 10.5. The Hall–Kier alpha value is -6.49. The van der Waals surface area contributed by atoms with Gasteiger partial charge in [0.1, 0.15) is 36.1 Å². The van der Waals surface area contributed by atoms with Gasteiger partial charge in [-0.3, -0.25) is 19.2 Å². The lowest BCUT2D eigenvalue weighted by molar-refractivity contribution is -0.139. The highest BCUT2D eigenvalue weighted by Gasteiger charge is 2.39. The van der Waals surface area contributed by atoms with Crippen molar-refractivity contribution < 1.29 is 38.6 Å². The van der Waals surface area contributed by atoms with Crippen LogP contribution in [0.2, 0.25) is 0 Å². The molecule has 6 atom stereocenters. The Morgan fingerprint density at radius 3 is 1.96 bits per heavy atom. The maximum absolute atomic E-state index is 14.0. The number of imidazole rings is 2. The van der Waals surface area contributed by atoms with Crippen molar-refractivity contribution >= 4 is 57.5 Å². The Bertz CT molecular complexity index is 2710. The van der Waals surface area contributed by atoms with Gasteiger partial charge in [0.25, 0.3) is 0 Å². The molecule has 2 aromatic heterocycles. The Morgan fingerprint density at radius 1 is 0.776 bits per heavy atom. The van der Waals surface area contributed by atoms with Crippen LogP contribution in [0.25, 0.3) is 22.1 Å². The average Bonchev–Trinajstić information content (AvgIpc) is 4.13. The molecule has 2 fully saturated rings. The number of rotatable bonds is 11. The highest BCUT2D eigenvalue weighted by Crippen LogP contribution is 2.40. The summed E-state index contributed by atoms with van der Waals surface area (Å²) in [5, 5.41) is 17.9. The number of aromatic amines is 2. The molecular weight excluding hydrogens is 855 g/mol. The number of carbonyl (C=O) groups is 5. The Morgan fingerprint density at radius 2 is 1.36 bits per heavy atom. The molecule has 5 amide bonds. The van der Waals surface area contributed by atoms with Gasteiger partial charge in [-0.1, -0.05) is 39.8 Å². The van der Waals surface area contributed by atoms with Crippen LogP contribution in [0.5, 0.6) is 5.75 Å². The molecule has 2 saturated heterocycles. The topological polar surface area (TPSA) is 224 Å². The van der Waals surface area contributed by atoms with E-state index in [2.05, 4.69) is 50.2 Å². The molecule has 0 aliphatic carbocycles. The number of hydrogen-bond acceptors (Lipinski definition) is 10. The predicted octanol–water partition coefficient (Wildman–Crippen LogP) is 6.06. The van der Waals surface area contributed by atoms with Crippen molar-refractivity contribution in [2.24, 2.45) is 11.8 Å². The number of likely N-dealkylation sites (tertiary alicyclic amines) is 2. The van der Waals surface area contributed by atoms with Crippen LogP contribution in [0, 0.1) is 11.8 Å². The normalized spacial score (nSPS) is 21.6. The van der Waals surface area contributed by atoms with Crippen LogP contribution in [0.1, 0.15) is 124 Å². The summed E-state index contributed by atoms with van der Waals surface area (Å²) < 4.78 is 11.3. The molecule has 4 aliphatic rings. The van der Waals surface area contributed by atoms with Gasteiger partial charge in [-0.05, 0) is 122 Å². The van der Waals surface area contributed by atoms with Crippen molar-refractivity contribution in [2.75, 3.05) is 38.7 Å². The first-order valence-electron chi connectivity index (χ1n) is 23.7. The van der Waals surface area contributed by atoms with E-state index in [1.807, 2.05) is 56.9 Å². The number of aliphatic hydroxyl groups is 1. The molecule has 0 saturated carbocycles. The summed E-state index contributed by atoms with van der Waals surface area (Å²) in [6, 6.07) is 14.3. The molecule has 6 heterocycles. The lowest BCUT2D eigenvalue weighted by Crippen LogP contribution is -2.51. The number of carbonyl (C=O) groups excluding carboxylic acids is 5. The van der Waals surface area contributed by atoms with Gasteiger partial charge in [0.2, 0.25) is 23.6 Å². The quantitative estimate of drug-likeness (QED) is 0.0899. The van der Waals surface area contributed by atoms with Crippen molar-refractivity contribution in [3.05, 3.63) is 82.4 Å². The Kier molecular flexibility index (Phi) is 13.0. The van der Waals surface area contributed by atoms with E-state index in [0.717, 1.165) is 100 Å². The zero-order chi connectivity index (χ0) is 47.1. The first-order valence-corrected chi connectivity index (χ1v) is 23.7. The summed E-state index contributed by atoms with van der Waals surface area (Å²) >= 11 is 0. The number of amides is 5. The maximum atomic E-state index is 14.0. The number of nitrogens with one attached hydrogen (secondary N) is 5. The van der Waals surface area contributed by atoms with Gasteiger partial charge in [0.05, 0.1) is 53.8 Å². The lowest BCUT2D eigenvalue weighted by atomic mass is 9.91. The fourth-order valence-electron chi connectivity index (χ4n) is 10.5. The molecule has 5 aromatic rings. The van der Waals surface area contributed by atoms with Gasteiger partial charge in [0.15, 0.2) is 0 Å². The Balaban J connectivity index is 0.857. The highest BCUT2D eigenvalue weighted by molar-refractivity contribution is 5.98. The van der Waals surface area contributed by atoms with E-state index in [4.69, 9.17) is 19.4 Å². The van der Waals surface area contributed by atoms with Crippen LogP contribution in [-0.2, 0) is 36.8 Å². The molecule has 4 aliphatic heterocycles. The predicted molar refractivity (Wildman–Crippen MR) is 250 cm³/mol. The van der Waals surface area contributed by atoms with Crippen LogP contribution in [0.3, 0.4) is 0 Å². The van der Waals surface area contributed by atoms with Gasteiger partial charge in [-0.2, -0.15) is 0 Å². The van der Waals surface area contributed by atoms with Crippen molar-refractivity contribution in [3.63, 3.8) is 0 Å². The van der Waals surface area contributed by atoms with E-state index in [9.17, 15) is 29.1 Å². The molecule has 6 N–H and O–H groups in total. The van der Waals surface area contributed by atoms with Crippen molar-refractivity contribution in [2.45, 2.75) is 115 Å². The van der Waals surface area contributed by atoms with Crippen LogP contribution in [-0.4, -0.2) is 110 Å². The number of methoxy groups -OCH3 is 1. The summed E-state index contributed by atoms with van der Waals surface area (Å²) in [5.41, 5.74) is 8.16. The van der Waals surface area contributed by atoms with E-state index < -0.39 is 36.6 Å². The number of anilines is 1. The molecule has 9 rings (SSSR count). The third kappa shape index (κ3) is 9.17. The smallest absolute Gasteiger partial charge is 0.407 e. The van der Waals surface area contributed by atoms with Gasteiger partial charge in [-0.15, -0.1) is 0 Å². The number of nitrogens with zero attached hydrogens (tertiary/aromatic N) is 4. The molecule has 354 valence electrons. The van der Waals surface area contributed by atoms with E-state index in [1.165, 1.54) is 7.11 Å². The van der Waals surface area contributed by atoms with Crippen LogP contribution >= 0.6 is 0 Å². The lowest BCUT2D eigenvalue weighted by Gasteiger charge is -2.30. The number of aryl methyl sites for hydroxylation is 2. The zero-order valence-electron chi connectivity index (χ0n) is 38.8. The molecular formula is C50H61N9O8. The van der Waals surface area contributed by atoms with Crippen molar-refractivity contribution in [1.82, 2.24) is 40.4 Å². The van der Waals surface area contributed by atoms with E-state index in [0.29, 0.717) is 38.4 Å². The van der Waals surface area contributed by atoms with E-state index in [-0.39, 0.29) is 47.6 Å². The SMILES string of the molecule is COC(=O)NC(C(=O)N1CCCC1c1nc2ccc(C3CCc4cc5c(cc4OC3)CCC(c3ccc4nc(C6CCCN6C(=O)C(NC(=O)CO)C(C)C)[nH]c4c3)C(=O)N5)cc2[nH]1)C(C)C. The molecule has 6 unspecified atom stereocenters. The summed E-state index contributed by atoms with van der Waals surface area (Å²) in [6.07, 6.45) is 5.40. The van der Waals surface area contributed by atoms with Gasteiger partial charge in [-0.25, -0.2) is 14.8 Å². The number of benzene rings is 3. The minimum atomic E-state index is -0.757. The first kappa shape index (κ1) is 45.7. The number of hydrogen-bond donors (Lipinski definition) is 6.